The minimum atomic E-state index is -0.0157. The summed E-state index contributed by atoms with van der Waals surface area (Å²) in [7, 11) is 6.44. The third-order valence-corrected chi connectivity index (χ3v) is 2.56. The normalized spacial score (nSPS) is 10.2. The highest BCUT2D eigenvalue weighted by Crippen LogP contribution is 2.31. The van der Waals surface area contributed by atoms with Crippen molar-refractivity contribution in [1.29, 1.82) is 0 Å². The van der Waals surface area contributed by atoms with Gasteiger partial charge in [0.25, 0.3) is 0 Å². The number of hydrogen-bond acceptors (Lipinski definition) is 5. The zero-order chi connectivity index (χ0) is 13.5. The molecule has 0 aliphatic carbocycles. The van der Waals surface area contributed by atoms with Crippen LogP contribution in [0, 0.1) is 0 Å². The van der Waals surface area contributed by atoms with E-state index in [4.69, 9.17) is 14.2 Å². The van der Waals surface area contributed by atoms with Gasteiger partial charge in [-0.1, -0.05) is 0 Å². The number of carbonyl (C=O) groups excluding carboxylic acids is 1. The lowest BCUT2D eigenvalue weighted by molar-refractivity contribution is 0.0992. The van der Waals surface area contributed by atoms with E-state index >= 15 is 0 Å². The fourth-order valence-electron chi connectivity index (χ4n) is 1.69. The topological polar surface area (TPSA) is 56.8 Å². The average molecular weight is 253 g/mol. The van der Waals surface area contributed by atoms with Gasteiger partial charge >= 0.3 is 0 Å². The maximum absolute atomic E-state index is 11.8. The van der Waals surface area contributed by atoms with E-state index in [1.807, 2.05) is 0 Å². The molecule has 0 aromatic heterocycles. The molecule has 0 amide bonds. The molecule has 0 atom stereocenters. The van der Waals surface area contributed by atoms with E-state index in [0.717, 1.165) is 5.56 Å². The maximum Gasteiger partial charge on any atom is 0.176 e. The number of rotatable bonds is 7. The number of ether oxygens (including phenoxy) is 3. The van der Waals surface area contributed by atoms with Crippen molar-refractivity contribution in [2.75, 3.05) is 34.9 Å². The largest absolute Gasteiger partial charge is 0.496 e. The zero-order valence-corrected chi connectivity index (χ0v) is 11.2. The summed E-state index contributed by atoms with van der Waals surface area (Å²) in [6, 6.07) is 3.41. The van der Waals surface area contributed by atoms with Crippen molar-refractivity contribution in [3.63, 3.8) is 0 Å². The summed E-state index contributed by atoms with van der Waals surface area (Å²) in [5.74, 6) is 1.17. The summed E-state index contributed by atoms with van der Waals surface area (Å²) in [5.41, 5.74) is 1.35. The Morgan fingerprint density at radius 3 is 2.11 bits per heavy atom. The smallest absolute Gasteiger partial charge is 0.176 e. The van der Waals surface area contributed by atoms with Crippen LogP contribution in [-0.2, 0) is 11.3 Å². The third-order valence-electron chi connectivity index (χ3n) is 2.56. The Morgan fingerprint density at radius 1 is 1.17 bits per heavy atom. The Morgan fingerprint density at radius 2 is 1.72 bits per heavy atom. The van der Waals surface area contributed by atoms with Crippen LogP contribution in [0.25, 0.3) is 0 Å². The highest BCUT2D eigenvalue weighted by atomic mass is 16.5. The first-order chi connectivity index (χ1) is 8.67. The zero-order valence-electron chi connectivity index (χ0n) is 11.2. The van der Waals surface area contributed by atoms with Crippen molar-refractivity contribution in [3.8, 4) is 11.5 Å². The fourth-order valence-corrected chi connectivity index (χ4v) is 1.69. The number of ketones is 1. The average Bonchev–Trinajstić information content (AvgIpc) is 2.39. The lowest BCUT2D eigenvalue weighted by Crippen LogP contribution is -2.18. The predicted octanol–water partition coefficient (Wildman–Crippen LogP) is 1.25. The molecule has 0 heterocycles. The molecule has 1 rings (SSSR count). The Labute approximate surface area is 107 Å². The van der Waals surface area contributed by atoms with Crippen LogP contribution in [0.5, 0.6) is 11.5 Å². The van der Waals surface area contributed by atoms with Crippen LogP contribution in [0.4, 0.5) is 0 Å². The molecule has 0 spiro atoms. The molecule has 5 nitrogen and oxygen atoms in total. The minimum absolute atomic E-state index is 0.0157. The molecule has 1 N–H and O–H groups in total. The van der Waals surface area contributed by atoms with E-state index in [1.165, 1.54) is 0 Å². The maximum atomic E-state index is 11.8. The SMILES string of the molecule is CNCC(=O)c1cc(OC)c(COC)c(OC)c1. The first-order valence-corrected chi connectivity index (χ1v) is 5.59. The molecule has 18 heavy (non-hydrogen) atoms. The lowest BCUT2D eigenvalue weighted by atomic mass is 10.1. The Kier molecular flexibility index (Phi) is 5.61. The predicted molar refractivity (Wildman–Crippen MR) is 68.5 cm³/mol. The first-order valence-electron chi connectivity index (χ1n) is 5.59. The van der Waals surface area contributed by atoms with Gasteiger partial charge in [-0.15, -0.1) is 0 Å². The van der Waals surface area contributed by atoms with E-state index in [2.05, 4.69) is 5.32 Å². The molecule has 1 aromatic carbocycles. The summed E-state index contributed by atoms with van der Waals surface area (Å²) < 4.78 is 15.7. The summed E-state index contributed by atoms with van der Waals surface area (Å²) in [6.07, 6.45) is 0. The minimum Gasteiger partial charge on any atom is -0.496 e. The number of likely N-dealkylation sites (N-methyl/N-ethyl adjacent to an activating group) is 1. The standard InChI is InChI=1S/C13H19NO4/c1-14-7-11(15)9-5-12(17-3)10(8-16-2)13(6-9)18-4/h5-6,14H,7-8H2,1-4H3. The van der Waals surface area contributed by atoms with Crippen LogP contribution in [0.15, 0.2) is 12.1 Å². The Balaban J connectivity index is 3.21. The highest BCUT2D eigenvalue weighted by Gasteiger charge is 2.15. The van der Waals surface area contributed by atoms with Gasteiger partial charge in [0.2, 0.25) is 0 Å². The fraction of sp³-hybridized carbons (Fsp3) is 0.462. The van der Waals surface area contributed by atoms with Crippen molar-refractivity contribution < 1.29 is 19.0 Å². The van der Waals surface area contributed by atoms with Crippen LogP contribution < -0.4 is 14.8 Å². The van der Waals surface area contributed by atoms with Crippen molar-refractivity contribution in [1.82, 2.24) is 5.32 Å². The number of benzene rings is 1. The lowest BCUT2D eigenvalue weighted by Gasteiger charge is -2.14. The van der Waals surface area contributed by atoms with Gasteiger partial charge in [-0.05, 0) is 19.2 Å². The van der Waals surface area contributed by atoms with Crippen molar-refractivity contribution >= 4 is 5.78 Å². The Bertz CT molecular complexity index is 392. The second kappa shape index (κ2) is 6.98. The number of methoxy groups -OCH3 is 3. The van der Waals surface area contributed by atoms with E-state index in [-0.39, 0.29) is 12.3 Å². The van der Waals surface area contributed by atoms with Gasteiger partial charge < -0.3 is 19.5 Å². The summed E-state index contributed by atoms with van der Waals surface area (Å²) in [5, 5.41) is 2.82. The van der Waals surface area contributed by atoms with Gasteiger partial charge in [-0.3, -0.25) is 4.79 Å². The van der Waals surface area contributed by atoms with Crippen LogP contribution in [0.2, 0.25) is 0 Å². The second-order valence-electron chi connectivity index (χ2n) is 3.75. The van der Waals surface area contributed by atoms with Crippen molar-refractivity contribution in [2.45, 2.75) is 6.61 Å². The van der Waals surface area contributed by atoms with E-state index < -0.39 is 0 Å². The molecule has 0 saturated carbocycles. The van der Waals surface area contributed by atoms with Gasteiger partial charge in [0.05, 0.1) is 32.9 Å². The number of hydrogen-bond donors (Lipinski definition) is 1. The Hall–Kier alpha value is -1.59. The number of carbonyl (C=O) groups is 1. The molecular formula is C13H19NO4. The molecule has 0 aliphatic heterocycles. The molecule has 0 bridgehead atoms. The number of nitrogens with one attached hydrogen (secondary N) is 1. The van der Waals surface area contributed by atoms with E-state index in [0.29, 0.717) is 23.7 Å². The summed E-state index contributed by atoms with van der Waals surface area (Å²) in [4.78, 5) is 11.8. The molecule has 0 saturated heterocycles. The van der Waals surface area contributed by atoms with Crippen LogP contribution in [0.1, 0.15) is 15.9 Å². The van der Waals surface area contributed by atoms with Gasteiger partial charge in [0, 0.05) is 12.7 Å². The number of Topliss-reactive ketones (excluding diaryl/α,β-unsaturated/α-hetero) is 1. The molecule has 0 unspecified atom stereocenters. The molecule has 5 heteroatoms. The highest BCUT2D eigenvalue weighted by molar-refractivity contribution is 5.98. The second-order valence-corrected chi connectivity index (χ2v) is 3.75. The third kappa shape index (κ3) is 3.21. The van der Waals surface area contributed by atoms with Gasteiger partial charge in [0.15, 0.2) is 5.78 Å². The summed E-state index contributed by atoms with van der Waals surface area (Å²) in [6.45, 7) is 0.642. The van der Waals surface area contributed by atoms with Crippen molar-refractivity contribution in [2.24, 2.45) is 0 Å². The van der Waals surface area contributed by atoms with Gasteiger partial charge in [-0.25, -0.2) is 0 Å². The molecule has 100 valence electrons. The molecule has 0 radical (unpaired) electrons. The van der Waals surface area contributed by atoms with Gasteiger partial charge in [0.1, 0.15) is 11.5 Å². The molecule has 0 fully saturated rings. The molecule has 0 aliphatic rings. The van der Waals surface area contributed by atoms with Crippen molar-refractivity contribution in [3.05, 3.63) is 23.3 Å². The molecule has 1 aromatic rings. The molecular weight excluding hydrogens is 234 g/mol. The van der Waals surface area contributed by atoms with E-state index in [1.54, 1.807) is 40.5 Å². The monoisotopic (exact) mass is 253 g/mol. The van der Waals surface area contributed by atoms with Gasteiger partial charge in [-0.2, -0.15) is 0 Å². The van der Waals surface area contributed by atoms with Crippen LogP contribution in [-0.4, -0.2) is 40.7 Å². The van der Waals surface area contributed by atoms with Crippen LogP contribution in [0.3, 0.4) is 0 Å². The quantitative estimate of drug-likeness (QED) is 0.741. The summed E-state index contributed by atoms with van der Waals surface area (Å²) >= 11 is 0. The van der Waals surface area contributed by atoms with Crippen LogP contribution >= 0.6 is 0 Å². The first kappa shape index (κ1) is 14.5. The van der Waals surface area contributed by atoms with E-state index in [9.17, 15) is 4.79 Å².